The molecule has 2 heteroatoms. The Hall–Kier alpha value is -1.02. The zero-order valence-corrected chi connectivity index (χ0v) is 7.04. The molecule has 0 heterocycles. The van der Waals surface area contributed by atoms with Gasteiger partial charge in [-0.1, -0.05) is 26.0 Å². The Morgan fingerprint density at radius 2 is 1.73 bits per heavy atom. The molecule has 2 nitrogen and oxygen atoms in total. The van der Waals surface area contributed by atoms with Crippen molar-refractivity contribution in [3.05, 3.63) is 29.8 Å². The SMILES string of the molecule is CC.Nc1ccc(CO)cc1.[HH]. The number of benzene rings is 1. The normalized spacial score (nSPS) is 8.27. The lowest BCUT2D eigenvalue weighted by Gasteiger charge is -1.94. The molecule has 0 aliphatic rings. The van der Waals surface area contributed by atoms with Crippen molar-refractivity contribution in [3.8, 4) is 0 Å². The lowest BCUT2D eigenvalue weighted by Crippen LogP contribution is -1.85. The molecule has 0 amide bonds. The molecular weight excluding hydrogens is 138 g/mol. The Balaban J connectivity index is 0. The largest absolute Gasteiger partial charge is 0.399 e. The summed E-state index contributed by atoms with van der Waals surface area (Å²) in [4.78, 5) is 0. The van der Waals surface area contributed by atoms with E-state index in [0.717, 1.165) is 11.3 Å². The van der Waals surface area contributed by atoms with Crippen LogP contribution in [0.4, 0.5) is 5.69 Å². The fraction of sp³-hybridized carbons (Fsp3) is 0.333. The molecule has 1 aromatic carbocycles. The van der Waals surface area contributed by atoms with E-state index in [-0.39, 0.29) is 8.03 Å². The molecule has 1 aromatic rings. The molecule has 1 rings (SSSR count). The van der Waals surface area contributed by atoms with E-state index < -0.39 is 0 Å². The molecule has 0 saturated heterocycles. The zero-order valence-electron chi connectivity index (χ0n) is 7.04. The minimum absolute atomic E-state index is 0. The molecule has 0 aromatic heterocycles. The Kier molecular flexibility index (Phi) is 5.21. The second kappa shape index (κ2) is 5.74. The third kappa shape index (κ3) is 3.63. The third-order valence-electron chi connectivity index (χ3n) is 1.16. The summed E-state index contributed by atoms with van der Waals surface area (Å²) in [5, 5.41) is 8.59. The van der Waals surface area contributed by atoms with Crippen LogP contribution in [0, 0.1) is 0 Å². The van der Waals surface area contributed by atoms with Crippen molar-refractivity contribution in [1.29, 1.82) is 0 Å². The Morgan fingerprint density at radius 1 is 1.27 bits per heavy atom. The highest BCUT2D eigenvalue weighted by molar-refractivity contribution is 5.38. The molecule has 0 radical (unpaired) electrons. The molecule has 0 fully saturated rings. The van der Waals surface area contributed by atoms with E-state index >= 15 is 0 Å². The van der Waals surface area contributed by atoms with Crippen LogP contribution in [0.5, 0.6) is 0 Å². The van der Waals surface area contributed by atoms with Crippen LogP contribution in [0.25, 0.3) is 0 Å². The van der Waals surface area contributed by atoms with Gasteiger partial charge in [0.2, 0.25) is 0 Å². The van der Waals surface area contributed by atoms with Crippen LogP contribution in [0.3, 0.4) is 0 Å². The highest BCUT2D eigenvalue weighted by Gasteiger charge is 1.86. The minimum Gasteiger partial charge on any atom is -0.399 e. The Labute approximate surface area is 69.2 Å². The summed E-state index contributed by atoms with van der Waals surface area (Å²) in [6.07, 6.45) is 0. The number of aliphatic hydroxyl groups is 1. The molecule has 11 heavy (non-hydrogen) atoms. The monoisotopic (exact) mass is 155 g/mol. The van der Waals surface area contributed by atoms with Crippen LogP contribution in [-0.4, -0.2) is 5.11 Å². The molecule has 3 N–H and O–H groups in total. The van der Waals surface area contributed by atoms with Gasteiger partial charge in [-0.05, 0) is 17.7 Å². The van der Waals surface area contributed by atoms with E-state index in [1.807, 2.05) is 13.8 Å². The standard InChI is InChI=1S/C7H9NO.C2H6.H2/c8-7-3-1-6(5-9)2-4-7;1-2;/h1-4,9H,5,8H2;1-2H3;1H. The number of anilines is 1. The van der Waals surface area contributed by atoms with E-state index in [9.17, 15) is 0 Å². The predicted molar refractivity (Wildman–Crippen MR) is 50.2 cm³/mol. The minimum atomic E-state index is 0. The van der Waals surface area contributed by atoms with Crippen LogP contribution in [0.2, 0.25) is 0 Å². The highest BCUT2D eigenvalue weighted by atomic mass is 16.3. The van der Waals surface area contributed by atoms with Crippen LogP contribution in [0.1, 0.15) is 20.8 Å². The molecule has 64 valence electrons. The average Bonchev–Trinajstić information content (AvgIpc) is 2.10. The molecule has 0 saturated carbocycles. The first-order valence-corrected chi connectivity index (χ1v) is 3.78. The van der Waals surface area contributed by atoms with Crippen molar-refractivity contribution >= 4 is 5.69 Å². The van der Waals surface area contributed by atoms with Crippen LogP contribution in [-0.2, 0) is 6.61 Å². The van der Waals surface area contributed by atoms with E-state index in [0.29, 0.717) is 0 Å². The van der Waals surface area contributed by atoms with Gasteiger partial charge in [0.1, 0.15) is 0 Å². The van der Waals surface area contributed by atoms with Gasteiger partial charge in [0.15, 0.2) is 0 Å². The molecule has 0 spiro atoms. The number of nitrogens with two attached hydrogens (primary N) is 1. The predicted octanol–water partition coefficient (Wildman–Crippen LogP) is 2.03. The summed E-state index contributed by atoms with van der Waals surface area (Å²) < 4.78 is 0. The van der Waals surface area contributed by atoms with Gasteiger partial charge in [-0.15, -0.1) is 0 Å². The first-order valence-electron chi connectivity index (χ1n) is 3.78. The van der Waals surface area contributed by atoms with Crippen molar-refractivity contribution in [2.24, 2.45) is 0 Å². The van der Waals surface area contributed by atoms with Gasteiger partial charge in [-0.2, -0.15) is 0 Å². The maximum atomic E-state index is 8.59. The number of aliphatic hydroxyl groups excluding tert-OH is 1. The first kappa shape index (κ1) is 9.98. The quantitative estimate of drug-likeness (QED) is 0.609. The second-order valence-corrected chi connectivity index (χ2v) is 1.90. The van der Waals surface area contributed by atoms with Gasteiger partial charge in [-0.3, -0.25) is 0 Å². The number of hydrogen-bond donors (Lipinski definition) is 2. The summed E-state index contributed by atoms with van der Waals surface area (Å²) in [5.41, 5.74) is 7.02. The molecule has 0 aliphatic carbocycles. The Morgan fingerprint density at radius 3 is 2.09 bits per heavy atom. The Bertz CT molecular complexity index is 186. The topological polar surface area (TPSA) is 46.2 Å². The van der Waals surface area contributed by atoms with Gasteiger partial charge in [-0.25, -0.2) is 0 Å². The summed E-state index contributed by atoms with van der Waals surface area (Å²) >= 11 is 0. The van der Waals surface area contributed by atoms with E-state index in [2.05, 4.69) is 0 Å². The maximum Gasteiger partial charge on any atom is 0.0681 e. The molecular formula is C9H17NO. The lowest BCUT2D eigenvalue weighted by molar-refractivity contribution is 0.282. The highest BCUT2D eigenvalue weighted by Crippen LogP contribution is 2.03. The van der Waals surface area contributed by atoms with Gasteiger partial charge >= 0.3 is 0 Å². The molecule has 0 aliphatic heterocycles. The summed E-state index contributed by atoms with van der Waals surface area (Å²) in [6, 6.07) is 7.14. The second-order valence-electron chi connectivity index (χ2n) is 1.90. The fourth-order valence-corrected chi connectivity index (χ4v) is 0.623. The van der Waals surface area contributed by atoms with E-state index in [1.54, 1.807) is 24.3 Å². The van der Waals surface area contributed by atoms with Gasteiger partial charge in [0.05, 0.1) is 6.61 Å². The van der Waals surface area contributed by atoms with Crippen LogP contribution < -0.4 is 5.73 Å². The van der Waals surface area contributed by atoms with E-state index in [4.69, 9.17) is 10.8 Å². The molecule has 0 atom stereocenters. The fourth-order valence-electron chi connectivity index (χ4n) is 0.623. The molecule has 0 unspecified atom stereocenters. The van der Waals surface area contributed by atoms with Crippen molar-refractivity contribution < 1.29 is 6.53 Å². The summed E-state index contributed by atoms with van der Waals surface area (Å²) in [7, 11) is 0. The van der Waals surface area contributed by atoms with Crippen molar-refractivity contribution in [2.75, 3.05) is 5.73 Å². The van der Waals surface area contributed by atoms with Gasteiger partial charge < -0.3 is 10.8 Å². The van der Waals surface area contributed by atoms with Crippen LogP contribution >= 0.6 is 0 Å². The first-order chi connectivity index (χ1) is 5.33. The van der Waals surface area contributed by atoms with Crippen molar-refractivity contribution in [1.82, 2.24) is 0 Å². The average molecular weight is 155 g/mol. The summed E-state index contributed by atoms with van der Waals surface area (Å²) in [6.45, 7) is 4.08. The zero-order chi connectivity index (χ0) is 8.69. The smallest absolute Gasteiger partial charge is 0.0681 e. The number of hydrogen-bond acceptors (Lipinski definition) is 2. The van der Waals surface area contributed by atoms with Crippen LogP contribution in [0.15, 0.2) is 24.3 Å². The maximum absolute atomic E-state index is 8.59. The lowest BCUT2D eigenvalue weighted by atomic mass is 10.2. The number of nitrogen functional groups attached to an aromatic ring is 1. The van der Waals surface area contributed by atoms with Gasteiger partial charge in [0, 0.05) is 7.11 Å². The van der Waals surface area contributed by atoms with E-state index in [1.165, 1.54) is 0 Å². The van der Waals surface area contributed by atoms with Crippen molar-refractivity contribution in [2.45, 2.75) is 20.5 Å². The van der Waals surface area contributed by atoms with Gasteiger partial charge in [0.25, 0.3) is 0 Å². The number of rotatable bonds is 1. The summed E-state index contributed by atoms with van der Waals surface area (Å²) in [5.74, 6) is 0. The van der Waals surface area contributed by atoms with Crippen molar-refractivity contribution in [3.63, 3.8) is 0 Å². The third-order valence-corrected chi connectivity index (χ3v) is 1.16. The molecule has 0 bridgehead atoms.